The minimum atomic E-state index is -5.65. The molecule has 0 aromatic rings. The van der Waals surface area contributed by atoms with Crippen molar-refractivity contribution < 1.29 is 61.4 Å². The molecule has 8 N–H and O–H groups in total. The molecular formula is C10H18N3O13P3. The van der Waals surface area contributed by atoms with Gasteiger partial charge in [-0.3, -0.25) is 4.52 Å². The van der Waals surface area contributed by atoms with E-state index in [0.29, 0.717) is 0 Å². The molecule has 16 nitrogen and oxygen atoms in total. The van der Waals surface area contributed by atoms with Gasteiger partial charge in [-0.15, -0.1) is 0 Å². The second-order valence-corrected chi connectivity index (χ2v) is 10.1. The number of hydrogen-bond donors (Lipinski definition) is 7. The van der Waals surface area contributed by atoms with Gasteiger partial charge in [0, 0.05) is 6.42 Å². The molecule has 166 valence electrons. The summed E-state index contributed by atoms with van der Waals surface area (Å²) in [6, 6.07) is 0. The zero-order valence-electron chi connectivity index (χ0n) is 14.3. The molecule has 0 saturated carbocycles. The van der Waals surface area contributed by atoms with Crippen LogP contribution >= 0.6 is 23.5 Å². The Morgan fingerprint density at radius 1 is 1.24 bits per heavy atom. The average Bonchev–Trinajstić information content (AvgIpc) is 2.86. The van der Waals surface area contributed by atoms with Crippen molar-refractivity contribution in [2.24, 2.45) is 10.7 Å². The van der Waals surface area contributed by atoms with Crippen LogP contribution in [-0.2, 0) is 31.6 Å². The van der Waals surface area contributed by atoms with Crippen LogP contribution < -0.4 is 5.73 Å². The van der Waals surface area contributed by atoms with Crippen LogP contribution in [0.1, 0.15) is 6.42 Å². The van der Waals surface area contributed by atoms with Gasteiger partial charge in [0.2, 0.25) is 0 Å². The molecule has 19 heteroatoms. The first-order valence-electron chi connectivity index (χ1n) is 7.43. The molecule has 5 atom stereocenters. The first-order chi connectivity index (χ1) is 13.1. The fourth-order valence-corrected chi connectivity index (χ4v) is 5.31. The van der Waals surface area contributed by atoms with Crippen molar-refractivity contribution in [1.29, 1.82) is 0 Å². The molecule has 2 aliphatic rings. The predicted octanol–water partition coefficient (Wildman–Crippen LogP) is -0.651. The van der Waals surface area contributed by atoms with E-state index in [4.69, 9.17) is 25.2 Å². The summed E-state index contributed by atoms with van der Waals surface area (Å²) in [7, 11) is -16.5. The summed E-state index contributed by atoms with van der Waals surface area (Å²) in [4.78, 5) is 40.4. The Kier molecular flexibility index (Phi) is 7.12. The number of aliphatic hydroxyl groups excluding tert-OH is 2. The number of ether oxygens (including phenoxy) is 1. The maximum atomic E-state index is 11.7. The monoisotopic (exact) mass is 481 g/mol. The van der Waals surface area contributed by atoms with Gasteiger partial charge in [0.05, 0.1) is 18.9 Å². The molecule has 0 spiro atoms. The van der Waals surface area contributed by atoms with Crippen LogP contribution in [0.4, 0.5) is 0 Å². The molecule has 0 aromatic carbocycles. The Morgan fingerprint density at radius 3 is 2.45 bits per heavy atom. The Morgan fingerprint density at radius 2 is 1.86 bits per heavy atom. The lowest BCUT2D eigenvalue weighted by atomic mass is 10.2. The van der Waals surface area contributed by atoms with Gasteiger partial charge in [-0.1, -0.05) is 6.58 Å². The molecule has 2 heterocycles. The fourth-order valence-electron chi connectivity index (χ4n) is 2.28. The van der Waals surface area contributed by atoms with Gasteiger partial charge in [0.1, 0.15) is 18.2 Å². The highest BCUT2D eigenvalue weighted by Crippen LogP contribution is 2.66. The summed E-state index contributed by atoms with van der Waals surface area (Å²) in [6.07, 6.45) is -2.35. The fraction of sp³-hybridized carbons (Fsp3) is 0.500. The van der Waals surface area contributed by atoms with Gasteiger partial charge in [-0.2, -0.15) is 8.62 Å². The highest BCUT2D eigenvalue weighted by atomic mass is 31.3. The zero-order chi connectivity index (χ0) is 22.2. The maximum absolute atomic E-state index is 11.7. The second-order valence-electron chi connectivity index (χ2n) is 5.65. The highest BCUT2D eigenvalue weighted by molar-refractivity contribution is 7.66. The topological polar surface area (TPSA) is 251 Å². The number of phosphoric acid groups is 3. The second kappa shape index (κ2) is 8.55. The largest absolute Gasteiger partial charge is 0.503 e. The van der Waals surface area contributed by atoms with Crippen LogP contribution in [0.5, 0.6) is 0 Å². The van der Waals surface area contributed by atoms with Crippen LogP contribution in [0.15, 0.2) is 29.4 Å². The van der Waals surface area contributed by atoms with Crippen LogP contribution in [0.25, 0.3) is 0 Å². The van der Waals surface area contributed by atoms with Crippen molar-refractivity contribution in [1.82, 2.24) is 4.90 Å². The summed E-state index contributed by atoms with van der Waals surface area (Å²) in [5.41, 5.74) is 5.43. The Bertz CT molecular complexity index is 868. The van der Waals surface area contributed by atoms with E-state index in [1.54, 1.807) is 0 Å². The smallest absolute Gasteiger partial charge is 0.490 e. The van der Waals surface area contributed by atoms with Crippen molar-refractivity contribution in [2.45, 2.75) is 24.9 Å². The van der Waals surface area contributed by atoms with Crippen molar-refractivity contribution in [3.8, 4) is 0 Å². The van der Waals surface area contributed by atoms with E-state index >= 15 is 0 Å². The Balaban J connectivity index is 1.96. The summed E-state index contributed by atoms with van der Waals surface area (Å²) >= 11 is 0. The Labute approximate surface area is 162 Å². The van der Waals surface area contributed by atoms with E-state index in [1.807, 2.05) is 0 Å². The third kappa shape index (κ3) is 6.96. The maximum Gasteiger partial charge on any atom is 0.490 e. The van der Waals surface area contributed by atoms with Crippen LogP contribution in [-0.4, -0.2) is 65.6 Å². The molecule has 29 heavy (non-hydrogen) atoms. The van der Waals surface area contributed by atoms with E-state index in [-0.39, 0.29) is 23.8 Å². The van der Waals surface area contributed by atoms with Crippen LogP contribution in [0, 0.1) is 0 Å². The third-order valence-electron chi connectivity index (χ3n) is 3.40. The lowest BCUT2D eigenvalue weighted by molar-refractivity contribution is -0.0559. The molecule has 2 rings (SSSR count). The average molecular weight is 481 g/mol. The first kappa shape index (κ1) is 24.2. The van der Waals surface area contributed by atoms with Gasteiger partial charge in [0.25, 0.3) is 0 Å². The zero-order valence-corrected chi connectivity index (χ0v) is 17.0. The molecule has 0 amide bonds. The molecule has 2 aliphatic heterocycles. The van der Waals surface area contributed by atoms with Gasteiger partial charge in [-0.25, -0.2) is 18.7 Å². The molecule has 0 bridgehead atoms. The van der Waals surface area contributed by atoms with Crippen molar-refractivity contribution in [3.05, 3.63) is 24.4 Å². The van der Waals surface area contributed by atoms with Gasteiger partial charge in [-0.05, 0) is 0 Å². The summed E-state index contributed by atoms with van der Waals surface area (Å²) in [6.45, 7) is 2.77. The number of rotatable bonds is 8. The highest BCUT2D eigenvalue weighted by Gasteiger charge is 2.43. The van der Waals surface area contributed by atoms with Gasteiger partial charge < -0.3 is 45.2 Å². The van der Waals surface area contributed by atoms with Crippen molar-refractivity contribution in [3.63, 3.8) is 0 Å². The summed E-state index contributed by atoms with van der Waals surface area (Å²) < 4.78 is 50.5. The lowest BCUT2D eigenvalue weighted by Crippen LogP contribution is -2.35. The van der Waals surface area contributed by atoms with E-state index in [1.165, 1.54) is 4.90 Å². The van der Waals surface area contributed by atoms with E-state index in [2.05, 4.69) is 24.7 Å². The summed E-state index contributed by atoms with van der Waals surface area (Å²) in [5.74, 6) is -0.493. The quantitative estimate of drug-likeness (QED) is 0.213. The van der Waals surface area contributed by atoms with Gasteiger partial charge in [0.15, 0.2) is 11.6 Å². The third-order valence-corrected chi connectivity index (χ3v) is 7.21. The normalized spacial score (nSPS) is 29.8. The van der Waals surface area contributed by atoms with Crippen molar-refractivity contribution in [2.75, 3.05) is 6.61 Å². The molecule has 1 saturated heterocycles. The molecular weight excluding hydrogens is 463 g/mol. The van der Waals surface area contributed by atoms with Crippen LogP contribution in [0.3, 0.4) is 0 Å². The van der Waals surface area contributed by atoms with E-state index < -0.39 is 48.5 Å². The number of nitrogens with zero attached hydrogens (tertiary/aromatic N) is 2. The van der Waals surface area contributed by atoms with Gasteiger partial charge >= 0.3 is 23.5 Å². The minimum Gasteiger partial charge on any atom is -0.503 e. The molecule has 5 unspecified atom stereocenters. The minimum absolute atomic E-state index is 0.0750. The Hall–Kier alpha value is -1.12. The number of phosphoric ester groups is 1. The van der Waals surface area contributed by atoms with E-state index in [9.17, 15) is 28.8 Å². The van der Waals surface area contributed by atoms with Crippen molar-refractivity contribution >= 4 is 29.3 Å². The number of aliphatic imine (C=N–C) groups is 1. The number of amidine groups is 1. The van der Waals surface area contributed by atoms with E-state index in [0.717, 1.165) is 6.20 Å². The number of nitrogens with two attached hydrogens (primary N) is 1. The molecule has 0 radical (unpaired) electrons. The predicted molar refractivity (Wildman–Crippen MR) is 92.4 cm³/mol. The SMILES string of the molecule is C=C1N=C(N)C(O)=CN1C1CC(O)C(COP(=O)(O)OP(=O)(O)OP(=O)(O)O)O1. The standard InChI is InChI=1S/C10H18N3O13P3/c1-5-12-10(11)7(15)3-13(5)9-2-6(14)8(24-9)4-23-28(19,20)26-29(21,22)25-27(16,17)18/h3,6,8-9,14-15H,1-2,4H2,(H2,11,12)(H,19,20)(H,21,22)(H2,16,17,18). The summed E-state index contributed by atoms with van der Waals surface area (Å²) in [5, 5.41) is 19.7. The number of hydrogen-bond acceptors (Lipinski definition) is 12. The first-order valence-corrected chi connectivity index (χ1v) is 11.9. The lowest BCUT2D eigenvalue weighted by Gasteiger charge is -2.29. The van der Waals surface area contributed by atoms with Crippen LogP contribution in [0.2, 0.25) is 0 Å². The molecule has 0 aliphatic carbocycles. The number of aliphatic hydroxyl groups is 2. The molecule has 0 aromatic heterocycles. The molecule has 1 fully saturated rings.